The second kappa shape index (κ2) is 7.17. The van der Waals surface area contributed by atoms with Crippen molar-refractivity contribution < 1.29 is 9.53 Å². The third kappa shape index (κ3) is 3.56. The van der Waals surface area contributed by atoms with Gasteiger partial charge in [-0.3, -0.25) is 9.78 Å². The monoisotopic (exact) mass is 323 g/mol. The second-order valence-corrected chi connectivity index (χ2v) is 5.70. The molecule has 0 saturated carbocycles. The molecule has 0 unspecified atom stereocenters. The fourth-order valence-corrected chi connectivity index (χ4v) is 2.63. The third-order valence-electron chi connectivity index (χ3n) is 3.97. The van der Waals surface area contributed by atoms with Crippen LogP contribution in [0.3, 0.4) is 0 Å². The SMILES string of the molecule is CCOc1ccc2cc(C(=O)N(C)CCc3ccncc3)[nH]c2c1. The van der Waals surface area contributed by atoms with Gasteiger partial charge in [0.05, 0.1) is 6.61 Å². The molecule has 0 aliphatic carbocycles. The summed E-state index contributed by atoms with van der Waals surface area (Å²) in [7, 11) is 1.82. The zero-order valence-corrected chi connectivity index (χ0v) is 14.0. The van der Waals surface area contributed by atoms with Crippen LogP contribution in [-0.4, -0.2) is 41.0 Å². The van der Waals surface area contributed by atoms with Crippen LogP contribution >= 0.6 is 0 Å². The fraction of sp³-hybridized carbons (Fsp3) is 0.263. The lowest BCUT2D eigenvalue weighted by Gasteiger charge is -2.16. The molecule has 3 aromatic rings. The zero-order chi connectivity index (χ0) is 16.9. The summed E-state index contributed by atoms with van der Waals surface area (Å²) in [5.41, 5.74) is 2.67. The van der Waals surface area contributed by atoms with Crippen LogP contribution in [0.25, 0.3) is 10.9 Å². The summed E-state index contributed by atoms with van der Waals surface area (Å²) < 4.78 is 5.50. The van der Waals surface area contributed by atoms with Gasteiger partial charge in [0.25, 0.3) is 5.91 Å². The lowest BCUT2D eigenvalue weighted by molar-refractivity contribution is 0.0792. The van der Waals surface area contributed by atoms with Crippen LogP contribution in [0.5, 0.6) is 5.75 Å². The highest BCUT2D eigenvalue weighted by Crippen LogP contribution is 2.22. The highest BCUT2D eigenvalue weighted by molar-refractivity contribution is 5.98. The molecule has 0 spiro atoms. The van der Waals surface area contributed by atoms with Crippen LogP contribution < -0.4 is 4.74 Å². The molecule has 124 valence electrons. The lowest BCUT2D eigenvalue weighted by atomic mass is 10.2. The van der Waals surface area contributed by atoms with E-state index >= 15 is 0 Å². The number of benzene rings is 1. The van der Waals surface area contributed by atoms with Gasteiger partial charge in [0.1, 0.15) is 11.4 Å². The van der Waals surface area contributed by atoms with E-state index in [-0.39, 0.29) is 5.91 Å². The molecule has 0 fully saturated rings. The summed E-state index contributed by atoms with van der Waals surface area (Å²) in [5, 5.41) is 1.00. The molecule has 0 aliphatic heterocycles. The van der Waals surface area contributed by atoms with E-state index in [9.17, 15) is 4.79 Å². The molecule has 5 nitrogen and oxygen atoms in total. The van der Waals surface area contributed by atoms with Gasteiger partial charge in [-0.05, 0) is 49.2 Å². The number of aromatic nitrogens is 2. The first kappa shape index (κ1) is 16.1. The van der Waals surface area contributed by atoms with Gasteiger partial charge in [0.15, 0.2) is 0 Å². The van der Waals surface area contributed by atoms with Gasteiger partial charge in [0.2, 0.25) is 0 Å². The Labute approximate surface area is 141 Å². The number of H-pyrrole nitrogens is 1. The summed E-state index contributed by atoms with van der Waals surface area (Å²) in [6.07, 6.45) is 4.34. The van der Waals surface area contributed by atoms with E-state index in [2.05, 4.69) is 9.97 Å². The number of nitrogens with one attached hydrogen (secondary N) is 1. The molecule has 0 bridgehead atoms. The number of hydrogen-bond donors (Lipinski definition) is 1. The zero-order valence-electron chi connectivity index (χ0n) is 14.0. The van der Waals surface area contributed by atoms with Crippen molar-refractivity contribution in [3.63, 3.8) is 0 Å². The molecule has 0 atom stereocenters. The van der Waals surface area contributed by atoms with E-state index in [4.69, 9.17) is 4.74 Å². The average Bonchev–Trinajstić information content (AvgIpc) is 3.03. The maximum absolute atomic E-state index is 12.6. The molecule has 3 rings (SSSR count). The van der Waals surface area contributed by atoms with Crippen molar-refractivity contribution in [2.45, 2.75) is 13.3 Å². The Morgan fingerprint density at radius 1 is 1.21 bits per heavy atom. The molecule has 1 aromatic carbocycles. The highest BCUT2D eigenvalue weighted by Gasteiger charge is 2.14. The standard InChI is InChI=1S/C19H21N3O2/c1-3-24-16-5-4-15-12-18(21-17(15)13-16)19(23)22(2)11-8-14-6-9-20-10-7-14/h4-7,9-10,12-13,21H,3,8,11H2,1-2H3. The van der Waals surface area contributed by atoms with Crippen molar-refractivity contribution in [1.82, 2.24) is 14.9 Å². The number of fused-ring (bicyclic) bond motifs is 1. The Hall–Kier alpha value is -2.82. The van der Waals surface area contributed by atoms with Crippen molar-refractivity contribution in [3.05, 3.63) is 60.0 Å². The van der Waals surface area contributed by atoms with E-state index in [0.29, 0.717) is 18.8 Å². The molecule has 24 heavy (non-hydrogen) atoms. The van der Waals surface area contributed by atoms with Crippen molar-refractivity contribution in [3.8, 4) is 5.75 Å². The Morgan fingerprint density at radius 2 is 2.00 bits per heavy atom. The number of likely N-dealkylation sites (N-methyl/N-ethyl adjacent to an activating group) is 1. The van der Waals surface area contributed by atoms with Crippen LogP contribution in [0.15, 0.2) is 48.8 Å². The smallest absolute Gasteiger partial charge is 0.270 e. The number of amides is 1. The summed E-state index contributed by atoms with van der Waals surface area (Å²) in [6, 6.07) is 11.6. The Bertz CT molecular complexity index is 827. The molecule has 0 radical (unpaired) electrons. The molecule has 0 saturated heterocycles. The molecule has 5 heteroatoms. The first-order valence-corrected chi connectivity index (χ1v) is 8.07. The van der Waals surface area contributed by atoms with Crippen LogP contribution in [-0.2, 0) is 6.42 Å². The number of carbonyl (C=O) groups is 1. The third-order valence-corrected chi connectivity index (χ3v) is 3.97. The molecule has 1 amide bonds. The predicted octanol–water partition coefficient (Wildman–Crippen LogP) is 3.28. The van der Waals surface area contributed by atoms with Gasteiger partial charge in [0, 0.05) is 43.0 Å². The maximum atomic E-state index is 12.6. The van der Waals surface area contributed by atoms with Crippen LogP contribution in [0, 0.1) is 0 Å². The van der Waals surface area contributed by atoms with Gasteiger partial charge in [-0.2, -0.15) is 0 Å². The summed E-state index contributed by atoms with van der Waals surface area (Å²) in [6.45, 7) is 3.23. The van der Waals surface area contributed by atoms with Crippen molar-refractivity contribution in [2.75, 3.05) is 20.2 Å². The lowest BCUT2D eigenvalue weighted by Crippen LogP contribution is -2.29. The number of rotatable bonds is 6. The molecular formula is C19H21N3O2. The number of pyridine rings is 1. The Morgan fingerprint density at radius 3 is 2.75 bits per heavy atom. The first-order valence-electron chi connectivity index (χ1n) is 8.07. The molecular weight excluding hydrogens is 302 g/mol. The number of nitrogens with zero attached hydrogens (tertiary/aromatic N) is 2. The van der Waals surface area contributed by atoms with Crippen molar-refractivity contribution in [1.29, 1.82) is 0 Å². The minimum atomic E-state index is -0.0155. The van der Waals surface area contributed by atoms with Gasteiger partial charge in [-0.1, -0.05) is 0 Å². The normalized spacial score (nSPS) is 10.8. The first-order chi connectivity index (χ1) is 11.7. The van der Waals surface area contributed by atoms with E-state index in [1.165, 1.54) is 5.56 Å². The van der Waals surface area contributed by atoms with Gasteiger partial charge in [-0.15, -0.1) is 0 Å². The van der Waals surface area contributed by atoms with E-state index in [0.717, 1.165) is 23.1 Å². The van der Waals surface area contributed by atoms with Crippen LogP contribution in [0.2, 0.25) is 0 Å². The summed E-state index contributed by atoms with van der Waals surface area (Å²) in [5.74, 6) is 0.787. The van der Waals surface area contributed by atoms with Crippen molar-refractivity contribution >= 4 is 16.8 Å². The van der Waals surface area contributed by atoms with Crippen molar-refractivity contribution in [2.24, 2.45) is 0 Å². The quantitative estimate of drug-likeness (QED) is 0.757. The van der Waals surface area contributed by atoms with Gasteiger partial charge < -0.3 is 14.6 Å². The van der Waals surface area contributed by atoms with Gasteiger partial charge >= 0.3 is 0 Å². The van der Waals surface area contributed by atoms with Crippen LogP contribution in [0.4, 0.5) is 0 Å². The molecule has 1 N–H and O–H groups in total. The minimum Gasteiger partial charge on any atom is -0.494 e. The fourth-order valence-electron chi connectivity index (χ4n) is 2.63. The number of ether oxygens (including phenoxy) is 1. The second-order valence-electron chi connectivity index (χ2n) is 5.70. The molecule has 2 aromatic heterocycles. The van der Waals surface area contributed by atoms with E-state index in [1.807, 2.05) is 50.4 Å². The van der Waals surface area contributed by atoms with E-state index < -0.39 is 0 Å². The minimum absolute atomic E-state index is 0.0155. The number of carbonyl (C=O) groups excluding carboxylic acids is 1. The highest BCUT2D eigenvalue weighted by atomic mass is 16.5. The average molecular weight is 323 g/mol. The molecule has 2 heterocycles. The number of hydrogen-bond acceptors (Lipinski definition) is 3. The largest absolute Gasteiger partial charge is 0.494 e. The number of aromatic amines is 1. The summed E-state index contributed by atoms with van der Waals surface area (Å²) >= 11 is 0. The van der Waals surface area contributed by atoms with Crippen LogP contribution in [0.1, 0.15) is 23.0 Å². The predicted molar refractivity (Wildman–Crippen MR) is 94.4 cm³/mol. The summed E-state index contributed by atoms with van der Waals surface area (Å²) in [4.78, 5) is 21.5. The Balaban J connectivity index is 1.70. The Kier molecular flexibility index (Phi) is 4.79. The topological polar surface area (TPSA) is 58.2 Å². The molecule has 0 aliphatic rings. The maximum Gasteiger partial charge on any atom is 0.270 e. The van der Waals surface area contributed by atoms with Gasteiger partial charge in [-0.25, -0.2) is 0 Å². The van der Waals surface area contributed by atoms with E-state index in [1.54, 1.807) is 17.3 Å².